The fourth-order valence-electron chi connectivity index (χ4n) is 1.01. The molecule has 0 amide bonds. The summed E-state index contributed by atoms with van der Waals surface area (Å²) in [4.78, 5) is -0.701. The predicted octanol–water partition coefficient (Wildman–Crippen LogP) is 2.14. The molecule has 3 nitrogen and oxygen atoms in total. The molecule has 1 rings (SSSR count). The molecule has 0 aliphatic heterocycles. The van der Waals surface area contributed by atoms with Gasteiger partial charge in [0.2, 0.25) is 5.82 Å². The lowest BCUT2D eigenvalue weighted by Gasteiger charge is -2.08. The van der Waals surface area contributed by atoms with Crippen LogP contribution >= 0.6 is 15.9 Å². The zero-order chi connectivity index (χ0) is 11.8. The first-order valence-electron chi connectivity index (χ1n) is 3.70. The van der Waals surface area contributed by atoms with Crippen LogP contribution in [0.1, 0.15) is 0 Å². The molecule has 0 fully saturated rings. The standard InChI is InChI=1S/C8H7BrF2O3S/c1-14-8-4(9)3-5(15(2,12)13)6(10)7(8)11/h3H,1-2H3. The van der Waals surface area contributed by atoms with Gasteiger partial charge >= 0.3 is 0 Å². The van der Waals surface area contributed by atoms with Crippen molar-refractivity contribution in [1.82, 2.24) is 0 Å². The number of hydrogen-bond donors (Lipinski definition) is 0. The Balaban J connectivity index is 3.62. The van der Waals surface area contributed by atoms with Crippen LogP contribution in [0.4, 0.5) is 8.78 Å². The highest BCUT2D eigenvalue weighted by Crippen LogP contribution is 2.33. The van der Waals surface area contributed by atoms with Crippen molar-refractivity contribution >= 4 is 25.8 Å². The van der Waals surface area contributed by atoms with E-state index < -0.39 is 26.4 Å². The van der Waals surface area contributed by atoms with Gasteiger partial charge in [-0.3, -0.25) is 0 Å². The Kier molecular flexibility index (Phi) is 3.34. The summed E-state index contributed by atoms with van der Waals surface area (Å²) >= 11 is 2.89. The summed E-state index contributed by atoms with van der Waals surface area (Å²) < 4.78 is 53.3. The van der Waals surface area contributed by atoms with E-state index in [4.69, 9.17) is 0 Å². The minimum Gasteiger partial charge on any atom is -0.492 e. The van der Waals surface area contributed by atoms with Gasteiger partial charge in [0.25, 0.3) is 0 Å². The van der Waals surface area contributed by atoms with Gasteiger partial charge in [-0.25, -0.2) is 12.8 Å². The van der Waals surface area contributed by atoms with Crippen LogP contribution in [-0.2, 0) is 9.84 Å². The van der Waals surface area contributed by atoms with E-state index in [0.717, 1.165) is 19.4 Å². The highest BCUT2D eigenvalue weighted by molar-refractivity contribution is 9.10. The van der Waals surface area contributed by atoms with Crippen LogP contribution in [0.15, 0.2) is 15.4 Å². The summed E-state index contributed by atoms with van der Waals surface area (Å²) in [5.74, 6) is -3.12. The molecule has 0 radical (unpaired) electrons. The molecule has 84 valence electrons. The van der Waals surface area contributed by atoms with Crippen molar-refractivity contribution in [2.45, 2.75) is 4.90 Å². The summed E-state index contributed by atoms with van der Waals surface area (Å²) in [5.41, 5.74) is 0. The Labute approximate surface area is 94.1 Å². The number of halogens is 3. The van der Waals surface area contributed by atoms with Gasteiger partial charge < -0.3 is 4.74 Å². The molecule has 0 heterocycles. The van der Waals surface area contributed by atoms with Crippen molar-refractivity contribution in [1.29, 1.82) is 0 Å². The largest absolute Gasteiger partial charge is 0.492 e. The summed E-state index contributed by atoms with van der Waals surface area (Å²) in [6.45, 7) is 0. The van der Waals surface area contributed by atoms with Crippen molar-refractivity contribution in [3.05, 3.63) is 22.2 Å². The summed E-state index contributed by atoms with van der Waals surface area (Å²) in [7, 11) is -2.65. The lowest BCUT2D eigenvalue weighted by atomic mass is 10.3. The van der Waals surface area contributed by atoms with Crippen molar-refractivity contribution < 1.29 is 21.9 Å². The quantitative estimate of drug-likeness (QED) is 0.786. The molecule has 0 saturated carbocycles. The summed E-state index contributed by atoms with van der Waals surface area (Å²) in [6.07, 6.45) is 0.795. The number of hydrogen-bond acceptors (Lipinski definition) is 3. The average Bonchev–Trinajstić information content (AvgIpc) is 2.10. The monoisotopic (exact) mass is 300 g/mol. The Bertz CT molecular complexity index is 499. The molecule has 0 bridgehead atoms. The zero-order valence-corrected chi connectivity index (χ0v) is 10.2. The second-order valence-electron chi connectivity index (χ2n) is 2.79. The predicted molar refractivity (Wildman–Crippen MR) is 53.7 cm³/mol. The number of benzene rings is 1. The van der Waals surface area contributed by atoms with Gasteiger partial charge in [0.05, 0.1) is 11.6 Å². The number of methoxy groups -OCH3 is 1. The van der Waals surface area contributed by atoms with Gasteiger partial charge in [-0.1, -0.05) is 0 Å². The Morgan fingerprint density at radius 2 is 1.87 bits per heavy atom. The Morgan fingerprint density at radius 3 is 2.27 bits per heavy atom. The van der Waals surface area contributed by atoms with Crippen LogP contribution in [0.25, 0.3) is 0 Å². The lowest BCUT2D eigenvalue weighted by Crippen LogP contribution is -2.05. The average molecular weight is 301 g/mol. The molecule has 0 spiro atoms. The lowest BCUT2D eigenvalue weighted by molar-refractivity contribution is 0.364. The van der Waals surface area contributed by atoms with Gasteiger partial charge in [-0.05, 0) is 22.0 Å². The molecule has 15 heavy (non-hydrogen) atoms. The smallest absolute Gasteiger partial charge is 0.203 e. The van der Waals surface area contributed by atoms with Gasteiger partial charge in [0.15, 0.2) is 21.4 Å². The van der Waals surface area contributed by atoms with Crippen molar-refractivity contribution in [2.75, 3.05) is 13.4 Å². The molecule has 0 atom stereocenters. The van der Waals surface area contributed by atoms with Gasteiger partial charge in [0, 0.05) is 6.26 Å². The first-order chi connectivity index (χ1) is 6.79. The molecular formula is C8H7BrF2O3S. The molecule has 1 aromatic rings. The zero-order valence-electron chi connectivity index (χ0n) is 7.84. The van der Waals surface area contributed by atoms with Gasteiger partial charge in [0.1, 0.15) is 4.90 Å². The molecule has 0 aromatic heterocycles. The molecule has 0 saturated heterocycles. The van der Waals surface area contributed by atoms with Crippen molar-refractivity contribution in [3.8, 4) is 5.75 Å². The van der Waals surface area contributed by atoms with Crippen molar-refractivity contribution in [2.24, 2.45) is 0 Å². The van der Waals surface area contributed by atoms with Crippen LogP contribution in [0, 0.1) is 11.6 Å². The fraction of sp³-hybridized carbons (Fsp3) is 0.250. The fourth-order valence-corrected chi connectivity index (χ4v) is 2.48. The maximum Gasteiger partial charge on any atom is 0.203 e. The van der Waals surface area contributed by atoms with E-state index in [1.165, 1.54) is 0 Å². The topological polar surface area (TPSA) is 43.4 Å². The van der Waals surface area contributed by atoms with Crippen LogP contribution in [0.5, 0.6) is 5.75 Å². The second-order valence-corrected chi connectivity index (χ2v) is 5.63. The molecule has 7 heteroatoms. The number of rotatable bonds is 2. The van der Waals surface area contributed by atoms with E-state index in [9.17, 15) is 17.2 Å². The molecule has 0 N–H and O–H groups in total. The van der Waals surface area contributed by atoms with E-state index in [1.807, 2.05) is 0 Å². The van der Waals surface area contributed by atoms with Crippen LogP contribution in [-0.4, -0.2) is 21.8 Å². The molecule has 0 aliphatic rings. The number of sulfone groups is 1. The molecule has 0 aliphatic carbocycles. The van der Waals surface area contributed by atoms with E-state index in [0.29, 0.717) is 0 Å². The third-order valence-corrected chi connectivity index (χ3v) is 3.37. The van der Waals surface area contributed by atoms with Crippen molar-refractivity contribution in [3.63, 3.8) is 0 Å². The molecule has 1 aromatic carbocycles. The third kappa shape index (κ3) is 2.28. The second kappa shape index (κ2) is 4.05. The van der Waals surface area contributed by atoms with Gasteiger partial charge in [-0.2, -0.15) is 4.39 Å². The SMILES string of the molecule is COc1c(Br)cc(S(C)(=O)=O)c(F)c1F. The number of ether oxygens (including phenoxy) is 1. The van der Waals surface area contributed by atoms with Gasteiger partial charge in [-0.15, -0.1) is 0 Å². The minimum absolute atomic E-state index is 0.0457. The first kappa shape index (κ1) is 12.4. The minimum atomic E-state index is -3.80. The maximum atomic E-state index is 13.3. The normalized spacial score (nSPS) is 11.5. The Morgan fingerprint density at radius 1 is 1.33 bits per heavy atom. The summed E-state index contributed by atoms with van der Waals surface area (Å²) in [5, 5.41) is 0. The summed E-state index contributed by atoms with van der Waals surface area (Å²) in [6, 6.07) is 0.965. The van der Waals surface area contributed by atoms with E-state index in [-0.39, 0.29) is 10.2 Å². The third-order valence-electron chi connectivity index (χ3n) is 1.69. The highest BCUT2D eigenvalue weighted by atomic mass is 79.9. The van der Waals surface area contributed by atoms with Crippen LogP contribution < -0.4 is 4.74 Å². The molecular weight excluding hydrogens is 294 g/mol. The highest BCUT2D eigenvalue weighted by Gasteiger charge is 2.23. The van der Waals surface area contributed by atoms with Crippen LogP contribution in [0.3, 0.4) is 0 Å². The maximum absolute atomic E-state index is 13.3. The van der Waals surface area contributed by atoms with E-state index in [2.05, 4.69) is 20.7 Å². The van der Waals surface area contributed by atoms with Crippen LogP contribution in [0.2, 0.25) is 0 Å². The first-order valence-corrected chi connectivity index (χ1v) is 6.39. The molecule has 0 unspecified atom stereocenters. The van der Waals surface area contributed by atoms with E-state index in [1.54, 1.807) is 0 Å². The van der Waals surface area contributed by atoms with E-state index >= 15 is 0 Å². The Hall–Kier alpha value is -0.690.